The van der Waals surface area contributed by atoms with Gasteiger partial charge < -0.3 is 15.2 Å². The van der Waals surface area contributed by atoms with Crippen LogP contribution in [0.3, 0.4) is 0 Å². The number of hydrogen-bond acceptors (Lipinski definition) is 5. The molecule has 2 atom stereocenters. The summed E-state index contributed by atoms with van der Waals surface area (Å²) in [5.74, 6) is 1.28. The van der Waals surface area contributed by atoms with E-state index in [0.717, 1.165) is 5.57 Å². The van der Waals surface area contributed by atoms with Crippen LogP contribution in [-0.2, 0) is 14.8 Å². The highest BCUT2D eigenvalue weighted by atomic mass is 32.2. The van der Waals surface area contributed by atoms with Crippen LogP contribution < -0.4 is 14.4 Å². The first-order valence-corrected chi connectivity index (χ1v) is 10.7. The fourth-order valence-corrected chi connectivity index (χ4v) is 4.90. The standard InChI is InChI=1S/C21H25N2O4S/c1-3-28(24,25)23(16-17(15-22)9-14-21(23)26-2)18-10-12-20(13-11-18)27-19-7-5-4-6-8-19/h4-14,16,21H,3,15,22H2,1-2H3/q+1. The molecule has 0 fully saturated rings. The molecule has 148 valence electrons. The predicted octanol–water partition coefficient (Wildman–Crippen LogP) is 3.52. The van der Waals surface area contributed by atoms with Crippen molar-refractivity contribution >= 4 is 15.7 Å². The molecule has 0 saturated heterocycles. The van der Waals surface area contributed by atoms with Gasteiger partial charge in [0.15, 0.2) is 5.69 Å². The van der Waals surface area contributed by atoms with Crippen LogP contribution in [-0.4, -0.2) is 34.1 Å². The van der Waals surface area contributed by atoms with Gasteiger partial charge in [-0.25, -0.2) is 0 Å². The Labute approximate surface area is 166 Å². The zero-order valence-corrected chi connectivity index (χ0v) is 16.8. The van der Waals surface area contributed by atoms with E-state index in [0.29, 0.717) is 17.2 Å². The van der Waals surface area contributed by atoms with Crippen LogP contribution in [0, 0.1) is 0 Å². The maximum absolute atomic E-state index is 13.2. The summed E-state index contributed by atoms with van der Waals surface area (Å²) < 4.78 is 37.4. The summed E-state index contributed by atoms with van der Waals surface area (Å²) in [6, 6.07) is 16.4. The van der Waals surface area contributed by atoms with E-state index >= 15 is 0 Å². The maximum atomic E-state index is 13.2. The molecule has 2 unspecified atom stereocenters. The molecule has 1 aliphatic rings. The van der Waals surface area contributed by atoms with Crippen molar-refractivity contribution < 1.29 is 17.9 Å². The number of methoxy groups -OCH3 is 1. The number of rotatable bonds is 7. The summed E-state index contributed by atoms with van der Waals surface area (Å²) in [5.41, 5.74) is 7.09. The molecule has 2 aromatic carbocycles. The van der Waals surface area contributed by atoms with Gasteiger partial charge in [0.2, 0.25) is 6.23 Å². The smallest absolute Gasteiger partial charge is 0.308 e. The molecular weight excluding hydrogens is 376 g/mol. The number of hydrogen-bond donors (Lipinski definition) is 1. The van der Waals surface area contributed by atoms with Gasteiger partial charge in [-0.2, -0.15) is 8.42 Å². The Morgan fingerprint density at radius 3 is 2.25 bits per heavy atom. The topological polar surface area (TPSA) is 78.6 Å². The number of benzene rings is 2. The van der Waals surface area contributed by atoms with Gasteiger partial charge in [-0.3, -0.25) is 0 Å². The lowest BCUT2D eigenvalue weighted by Gasteiger charge is -2.39. The maximum Gasteiger partial charge on any atom is 0.308 e. The van der Waals surface area contributed by atoms with Crippen molar-refractivity contribution in [3.05, 3.63) is 78.5 Å². The SMILES string of the molecule is CCS(=O)(=O)[N+]1(c2ccc(Oc3ccccc3)cc2)C=C(CN)C=CC1OC. The molecule has 1 aliphatic heterocycles. The molecule has 3 rings (SSSR count). The van der Waals surface area contributed by atoms with Crippen molar-refractivity contribution in [2.75, 3.05) is 19.4 Å². The largest absolute Gasteiger partial charge is 0.457 e. The van der Waals surface area contributed by atoms with E-state index in [1.807, 2.05) is 36.4 Å². The van der Waals surface area contributed by atoms with E-state index < -0.39 is 20.1 Å². The summed E-state index contributed by atoms with van der Waals surface area (Å²) >= 11 is 0. The van der Waals surface area contributed by atoms with Crippen molar-refractivity contribution in [3.63, 3.8) is 0 Å². The van der Waals surface area contributed by atoms with E-state index in [1.165, 1.54) is 7.11 Å². The van der Waals surface area contributed by atoms with Gasteiger partial charge in [0, 0.05) is 37.4 Å². The monoisotopic (exact) mass is 401 g/mol. The van der Waals surface area contributed by atoms with Crippen LogP contribution in [0.4, 0.5) is 5.69 Å². The third-order valence-electron chi connectivity index (χ3n) is 4.73. The molecule has 0 aromatic heterocycles. The van der Waals surface area contributed by atoms with Gasteiger partial charge in [-0.05, 0) is 37.3 Å². The molecule has 0 spiro atoms. The van der Waals surface area contributed by atoms with Gasteiger partial charge in [0.1, 0.15) is 17.7 Å². The first-order chi connectivity index (χ1) is 13.5. The highest BCUT2D eigenvalue weighted by Crippen LogP contribution is 2.38. The lowest BCUT2D eigenvalue weighted by Crippen LogP contribution is -2.58. The Hall–Kier alpha value is -2.45. The molecular formula is C21H25N2O4S+. The van der Waals surface area contributed by atoms with Gasteiger partial charge in [-0.15, -0.1) is 3.89 Å². The Bertz CT molecular complexity index is 969. The molecule has 0 bridgehead atoms. The average molecular weight is 402 g/mol. The second kappa shape index (κ2) is 8.28. The lowest BCUT2D eigenvalue weighted by atomic mass is 10.1. The van der Waals surface area contributed by atoms with Gasteiger partial charge in [-0.1, -0.05) is 18.2 Å². The highest BCUT2D eigenvalue weighted by molar-refractivity contribution is 7.91. The Morgan fingerprint density at radius 2 is 1.68 bits per heavy atom. The Kier molecular flexibility index (Phi) is 6.00. The minimum Gasteiger partial charge on any atom is -0.457 e. The third kappa shape index (κ3) is 3.62. The first-order valence-electron chi connectivity index (χ1n) is 9.04. The molecule has 1 heterocycles. The molecule has 28 heavy (non-hydrogen) atoms. The van der Waals surface area contributed by atoms with Crippen molar-refractivity contribution in [2.45, 2.75) is 13.2 Å². The number of nitrogens with zero attached hydrogens (tertiary/aromatic N) is 1. The van der Waals surface area contributed by atoms with Crippen molar-refractivity contribution in [1.82, 2.24) is 3.89 Å². The summed E-state index contributed by atoms with van der Waals surface area (Å²) in [6.07, 6.45) is 4.51. The second-order valence-corrected chi connectivity index (χ2v) is 8.73. The Morgan fingerprint density at radius 1 is 1.04 bits per heavy atom. The van der Waals surface area contributed by atoms with E-state index in [-0.39, 0.29) is 12.3 Å². The van der Waals surface area contributed by atoms with E-state index in [9.17, 15) is 8.42 Å². The van der Waals surface area contributed by atoms with Crippen molar-refractivity contribution in [2.24, 2.45) is 5.73 Å². The zero-order chi connectivity index (χ0) is 20.2. The van der Waals surface area contributed by atoms with Crippen molar-refractivity contribution in [1.29, 1.82) is 0 Å². The molecule has 7 heteroatoms. The number of quaternary nitrogens is 1. The normalized spacial score (nSPS) is 22.0. The second-order valence-electron chi connectivity index (χ2n) is 6.38. The van der Waals surface area contributed by atoms with Gasteiger partial charge in [0.05, 0.1) is 5.75 Å². The fourth-order valence-electron chi connectivity index (χ4n) is 3.26. The van der Waals surface area contributed by atoms with Crippen LogP contribution in [0.25, 0.3) is 0 Å². The summed E-state index contributed by atoms with van der Waals surface area (Å²) in [4.78, 5) is 0. The zero-order valence-electron chi connectivity index (χ0n) is 16.0. The van der Waals surface area contributed by atoms with E-state index in [2.05, 4.69) is 0 Å². The van der Waals surface area contributed by atoms with Crippen LogP contribution >= 0.6 is 0 Å². The third-order valence-corrected chi connectivity index (χ3v) is 6.91. The van der Waals surface area contributed by atoms with Crippen LogP contribution in [0.15, 0.2) is 78.5 Å². The number of sulfonamides is 1. The minimum absolute atomic E-state index is 0.0443. The van der Waals surface area contributed by atoms with Gasteiger partial charge >= 0.3 is 10.0 Å². The number of para-hydroxylation sites is 1. The highest BCUT2D eigenvalue weighted by Gasteiger charge is 2.49. The molecule has 0 amide bonds. The Balaban J connectivity index is 2.07. The van der Waals surface area contributed by atoms with Gasteiger partial charge in [0.25, 0.3) is 0 Å². The molecule has 0 saturated carbocycles. The molecule has 0 radical (unpaired) electrons. The number of ether oxygens (including phenoxy) is 2. The molecule has 2 aromatic rings. The molecule has 2 N–H and O–H groups in total. The summed E-state index contributed by atoms with van der Waals surface area (Å²) in [7, 11) is -2.12. The molecule has 0 aliphatic carbocycles. The van der Waals surface area contributed by atoms with Crippen LogP contribution in [0.2, 0.25) is 0 Å². The predicted molar refractivity (Wildman–Crippen MR) is 111 cm³/mol. The summed E-state index contributed by atoms with van der Waals surface area (Å²) in [5, 5.41) is 0. The quantitative estimate of drug-likeness (QED) is 0.718. The van der Waals surface area contributed by atoms with Crippen molar-refractivity contribution in [3.8, 4) is 11.5 Å². The number of nitrogens with two attached hydrogens (primary N) is 1. The lowest BCUT2D eigenvalue weighted by molar-refractivity contribution is 0.0747. The molecule has 6 nitrogen and oxygen atoms in total. The van der Waals surface area contributed by atoms with Crippen LogP contribution in [0.1, 0.15) is 6.92 Å². The summed E-state index contributed by atoms with van der Waals surface area (Å²) in [6.45, 7) is 1.87. The first kappa shape index (κ1) is 20.3. The van der Waals surface area contributed by atoms with E-state index in [4.69, 9.17) is 15.2 Å². The van der Waals surface area contributed by atoms with Crippen LogP contribution in [0.5, 0.6) is 11.5 Å². The average Bonchev–Trinajstić information content (AvgIpc) is 2.74. The van der Waals surface area contributed by atoms with E-state index in [1.54, 1.807) is 43.5 Å². The minimum atomic E-state index is -3.62. The fraction of sp³-hybridized carbons (Fsp3) is 0.238.